The third kappa shape index (κ3) is 17.7. The molecule has 0 bridgehead atoms. The topological polar surface area (TPSA) is 0 Å². The highest BCUT2D eigenvalue weighted by Crippen LogP contribution is 2.08. The molecule has 0 aromatic heterocycles. The molecule has 0 atom stereocenters. The number of unbranched alkanes of at least 4 members (excludes halogenated alkanes) is 6. The van der Waals surface area contributed by atoms with Gasteiger partial charge in [0.1, 0.15) is 0 Å². The minimum atomic E-state index is 1.08. The molecule has 1 heteroatoms. The summed E-state index contributed by atoms with van der Waals surface area (Å²) in [6, 6.07) is 0. The Morgan fingerprint density at radius 3 is 1.79 bits per heavy atom. The maximum absolute atomic E-state index is 3.47. The van der Waals surface area contributed by atoms with Gasteiger partial charge in [0.25, 0.3) is 0 Å². The molecule has 0 aromatic rings. The van der Waals surface area contributed by atoms with Crippen LogP contribution in [0.4, 0.5) is 0 Å². The van der Waals surface area contributed by atoms with E-state index in [1.165, 1.54) is 44.9 Å². The van der Waals surface area contributed by atoms with Gasteiger partial charge < -0.3 is 0 Å². The Kier molecular flexibility index (Phi) is 17.4. The summed E-state index contributed by atoms with van der Waals surface area (Å²) in [4.78, 5) is 0. The van der Waals surface area contributed by atoms with Gasteiger partial charge in [-0.25, -0.2) is 0 Å². The summed E-state index contributed by atoms with van der Waals surface area (Å²) in [6.07, 6.45) is 26.4. The molecular formula is C18H31Br. The van der Waals surface area contributed by atoms with Gasteiger partial charge in [-0.2, -0.15) is 0 Å². The van der Waals surface area contributed by atoms with Crippen molar-refractivity contribution in [1.29, 1.82) is 0 Å². The summed E-state index contributed by atoms with van der Waals surface area (Å²) in [5.41, 5.74) is 0. The smallest absolute Gasteiger partial charge is 0.00313 e. The fourth-order valence-corrected chi connectivity index (χ4v) is 2.29. The summed E-state index contributed by atoms with van der Waals surface area (Å²) in [5.74, 6) is 0. The highest BCUT2D eigenvalue weighted by molar-refractivity contribution is 9.09. The second-order valence-electron chi connectivity index (χ2n) is 4.89. The van der Waals surface area contributed by atoms with Crippen molar-refractivity contribution in [3.05, 3.63) is 36.5 Å². The van der Waals surface area contributed by atoms with E-state index in [-0.39, 0.29) is 0 Å². The molecule has 0 amide bonds. The Balaban J connectivity index is 3.19. The molecule has 0 N–H and O–H groups in total. The largest absolute Gasteiger partial charge is 0.0928 e. The fourth-order valence-electron chi connectivity index (χ4n) is 1.89. The third-order valence-corrected chi connectivity index (χ3v) is 3.60. The zero-order valence-corrected chi connectivity index (χ0v) is 14.2. The minimum Gasteiger partial charge on any atom is -0.0928 e. The Morgan fingerprint density at radius 1 is 0.632 bits per heavy atom. The van der Waals surface area contributed by atoms with Crippen LogP contribution in [0.3, 0.4) is 0 Å². The van der Waals surface area contributed by atoms with Gasteiger partial charge in [-0.05, 0) is 38.5 Å². The first-order chi connectivity index (χ1) is 9.41. The number of hydrogen-bond acceptors (Lipinski definition) is 0. The van der Waals surface area contributed by atoms with E-state index in [0.29, 0.717) is 0 Å². The molecule has 0 unspecified atom stereocenters. The first-order valence-corrected chi connectivity index (χ1v) is 9.05. The molecule has 0 rings (SSSR count). The van der Waals surface area contributed by atoms with E-state index in [2.05, 4.69) is 59.3 Å². The van der Waals surface area contributed by atoms with E-state index in [9.17, 15) is 0 Å². The number of allylic oxidation sites excluding steroid dienone is 6. The number of halogens is 1. The van der Waals surface area contributed by atoms with Gasteiger partial charge in [-0.3, -0.25) is 0 Å². The predicted molar refractivity (Wildman–Crippen MR) is 93.1 cm³/mol. The molecule has 0 spiro atoms. The van der Waals surface area contributed by atoms with E-state index in [1.807, 2.05) is 0 Å². The van der Waals surface area contributed by atoms with Crippen LogP contribution < -0.4 is 0 Å². The van der Waals surface area contributed by atoms with Crippen LogP contribution in [0.5, 0.6) is 0 Å². The van der Waals surface area contributed by atoms with Gasteiger partial charge in [0, 0.05) is 5.33 Å². The number of alkyl halides is 1. The standard InChI is InChI=1S/C18H31Br/c1-2-3-4-5-6-7-8-9-10-11-12-13-14-15-16-17-18-19/h3-4,6-7,9-10H,2,5,8,11-18H2,1H3/b4-3-,7-6-,10-9-. The van der Waals surface area contributed by atoms with E-state index < -0.39 is 0 Å². The molecule has 0 fully saturated rings. The number of hydrogen-bond donors (Lipinski definition) is 0. The Hall–Kier alpha value is -0.300. The maximum Gasteiger partial charge on any atom is 0.00313 e. The van der Waals surface area contributed by atoms with Crippen LogP contribution in [0, 0.1) is 0 Å². The van der Waals surface area contributed by atoms with Crippen LogP contribution in [0.15, 0.2) is 36.5 Å². The SMILES string of the molecule is CC/C=C\C/C=C\C/C=C\CCCCCCCCBr. The van der Waals surface area contributed by atoms with Gasteiger partial charge in [-0.1, -0.05) is 85.0 Å². The van der Waals surface area contributed by atoms with Crippen molar-refractivity contribution in [3.63, 3.8) is 0 Å². The first kappa shape index (κ1) is 18.7. The minimum absolute atomic E-state index is 1.08. The van der Waals surface area contributed by atoms with Crippen molar-refractivity contribution in [2.75, 3.05) is 5.33 Å². The fraction of sp³-hybridized carbons (Fsp3) is 0.667. The second-order valence-corrected chi connectivity index (χ2v) is 5.69. The Morgan fingerprint density at radius 2 is 1.16 bits per heavy atom. The van der Waals surface area contributed by atoms with Crippen LogP contribution in [0.1, 0.15) is 71.1 Å². The van der Waals surface area contributed by atoms with E-state index in [1.54, 1.807) is 0 Å². The molecule has 0 saturated carbocycles. The van der Waals surface area contributed by atoms with Crippen LogP contribution >= 0.6 is 15.9 Å². The van der Waals surface area contributed by atoms with Crippen LogP contribution in [0.25, 0.3) is 0 Å². The van der Waals surface area contributed by atoms with Crippen molar-refractivity contribution in [2.24, 2.45) is 0 Å². The zero-order valence-electron chi connectivity index (χ0n) is 12.6. The normalized spacial score (nSPS) is 12.3. The number of rotatable bonds is 13. The zero-order chi connectivity index (χ0) is 14.0. The molecule has 0 aliphatic heterocycles. The molecule has 0 aliphatic carbocycles. The molecule has 0 saturated heterocycles. The van der Waals surface area contributed by atoms with Crippen LogP contribution in [0.2, 0.25) is 0 Å². The lowest BCUT2D eigenvalue weighted by Gasteiger charge is -1.98. The molecule has 0 aromatic carbocycles. The summed E-state index contributed by atoms with van der Waals surface area (Å²) in [5, 5.41) is 1.16. The van der Waals surface area contributed by atoms with E-state index in [0.717, 1.165) is 24.6 Å². The maximum atomic E-state index is 3.47. The van der Waals surface area contributed by atoms with Gasteiger partial charge in [0.2, 0.25) is 0 Å². The van der Waals surface area contributed by atoms with Crippen molar-refractivity contribution < 1.29 is 0 Å². The Bertz CT molecular complexity index is 238. The van der Waals surface area contributed by atoms with Crippen LogP contribution in [-0.2, 0) is 0 Å². The van der Waals surface area contributed by atoms with Gasteiger partial charge >= 0.3 is 0 Å². The predicted octanol–water partition coefficient (Wildman–Crippen LogP) is 6.97. The molecule has 0 radical (unpaired) electrons. The molecule has 0 heterocycles. The molecule has 110 valence electrons. The quantitative estimate of drug-likeness (QED) is 0.195. The average Bonchev–Trinajstić information content (AvgIpc) is 2.43. The van der Waals surface area contributed by atoms with Gasteiger partial charge in [0.05, 0.1) is 0 Å². The van der Waals surface area contributed by atoms with Crippen molar-refractivity contribution in [3.8, 4) is 0 Å². The summed E-state index contributed by atoms with van der Waals surface area (Å²) in [7, 11) is 0. The Labute approximate surface area is 129 Å². The molecule has 0 nitrogen and oxygen atoms in total. The third-order valence-electron chi connectivity index (χ3n) is 3.03. The van der Waals surface area contributed by atoms with Gasteiger partial charge in [0.15, 0.2) is 0 Å². The highest BCUT2D eigenvalue weighted by atomic mass is 79.9. The average molecular weight is 327 g/mol. The molecular weight excluding hydrogens is 296 g/mol. The highest BCUT2D eigenvalue weighted by Gasteiger charge is 1.89. The van der Waals surface area contributed by atoms with Crippen molar-refractivity contribution in [1.82, 2.24) is 0 Å². The van der Waals surface area contributed by atoms with Crippen molar-refractivity contribution in [2.45, 2.75) is 71.1 Å². The van der Waals surface area contributed by atoms with Crippen LogP contribution in [-0.4, -0.2) is 5.33 Å². The van der Waals surface area contributed by atoms with Gasteiger partial charge in [-0.15, -0.1) is 0 Å². The lowest BCUT2D eigenvalue weighted by Crippen LogP contribution is -1.80. The second kappa shape index (κ2) is 17.7. The molecule has 0 aliphatic rings. The monoisotopic (exact) mass is 326 g/mol. The lowest BCUT2D eigenvalue weighted by molar-refractivity contribution is 0.613. The first-order valence-electron chi connectivity index (χ1n) is 7.92. The van der Waals surface area contributed by atoms with Crippen molar-refractivity contribution >= 4 is 15.9 Å². The molecule has 19 heavy (non-hydrogen) atoms. The van der Waals surface area contributed by atoms with E-state index >= 15 is 0 Å². The van der Waals surface area contributed by atoms with E-state index in [4.69, 9.17) is 0 Å². The summed E-state index contributed by atoms with van der Waals surface area (Å²) in [6.45, 7) is 2.17. The summed E-state index contributed by atoms with van der Waals surface area (Å²) < 4.78 is 0. The summed E-state index contributed by atoms with van der Waals surface area (Å²) >= 11 is 3.47. The lowest BCUT2D eigenvalue weighted by atomic mass is 10.1.